The molecule has 0 aliphatic carbocycles. The number of hydrogen-bond acceptors (Lipinski definition) is 3. The Kier molecular flexibility index (Phi) is 3.81. The van der Waals surface area contributed by atoms with Crippen LogP contribution in [0.3, 0.4) is 0 Å². The molecule has 24 heavy (non-hydrogen) atoms. The van der Waals surface area contributed by atoms with Gasteiger partial charge in [-0.15, -0.1) is 11.8 Å². The van der Waals surface area contributed by atoms with E-state index in [4.69, 9.17) is 0 Å². The first-order valence-electron chi connectivity index (χ1n) is 8.08. The van der Waals surface area contributed by atoms with E-state index >= 15 is 0 Å². The number of amides is 2. The van der Waals surface area contributed by atoms with Gasteiger partial charge in [-0.25, -0.2) is 0 Å². The van der Waals surface area contributed by atoms with E-state index in [0.29, 0.717) is 12.2 Å². The van der Waals surface area contributed by atoms with Gasteiger partial charge in [-0.05, 0) is 24.1 Å². The summed E-state index contributed by atoms with van der Waals surface area (Å²) < 4.78 is 0. The van der Waals surface area contributed by atoms with Crippen molar-refractivity contribution in [2.24, 2.45) is 0 Å². The fraction of sp³-hybridized carbons (Fsp3) is 0.263. The molecule has 1 N–H and O–H groups in total. The zero-order chi connectivity index (χ0) is 16.6. The van der Waals surface area contributed by atoms with Gasteiger partial charge in [0.2, 0.25) is 11.8 Å². The summed E-state index contributed by atoms with van der Waals surface area (Å²) in [7, 11) is 0. The van der Waals surface area contributed by atoms with E-state index in [1.54, 1.807) is 11.8 Å². The highest BCUT2D eigenvalue weighted by Gasteiger charge is 2.56. The van der Waals surface area contributed by atoms with Crippen LogP contribution in [0.1, 0.15) is 18.4 Å². The first-order valence-corrected chi connectivity index (χ1v) is 9.07. The van der Waals surface area contributed by atoms with Crippen LogP contribution < -0.4 is 5.32 Å². The molecule has 0 spiro atoms. The van der Waals surface area contributed by atoms with Crippen LogP contribution in [0.15, 0.2) is 60.7 Å². The molecule has 2 aromatic carbocycles. The third-order valence-electron chi connectivity index (χ3n) is 4.70. The van der Waals surface area contributed by atoms with Crippen LogP contribution in [0.5, 0.6) is 0 Å². The van der Waals surface area contributed by atoms with Crippen molar-refractivity contribution in [3.05, 3.63) is 66.2 Å². The molecule has 2 aromatic rings. The topological polar surface area (TPSA) is 49.4 Å². The summed E-state index contributed by atoms with van der Waals surface area (Å²) in [5.41, 5.74) is 1.87. The molecule has 0 aromatic heterocycles. The third kappa shape index (κ3) is 2.40. The maximum Gasteiger partial charge on any atom is 0.248 e. The molecule has 0 saturated carbocycles. The van der Waals surface area contributed by atoms with E-state index in [1.807, 2.05) is 53.4 Å². The Morgan fingerprint density at radius 3 is 2.46 bits per heavy atom. The van der Waals surface area contributed by atoms with Gasteiger partial charge in [-0.2, -0.15) is 0 Å². The summed E-state index contributed by atoms with van der Waals surface area (Å²) >= 11 is 1.71. The Balaban J connectivity index is 1.62. The molecule has 4 nitrogen and oxygen atoms in total. The van der Waals surface area contributed by atoms with Crippen LogP contribution in [0.2, 0.25) is 0 Å². The molecular weight excluding hydrogens is 320 g/mol. The van der Waals surface area contributed by atoms with E-state index in [2.05, 4.69) is 17.4 Å². The molecule has 2 saturated heterocycles. The maximum absolute atomic E-state index is 12.8. The van der Waals surface area contributed by atoms with E-state index < -0.39 is 10.9 Å². The summed E-state index contributed by atoms with van der Waals surface area (Å²) in [5.74, 6) is 0.582. The highest BCUT2D eigenvalue weighted by molar-refractivity contribution is 8.00. The summed E-state index contributed by atoms with van der Waals surface area (Å²) in [6, 6.07) is 19.0. The molecular formula is C19H18N2O2S. The number of para-hydroxylation sites is 1. The van der Waals surface area contributed by atoms with Gasteiger partial charge in [0.1, 0.15) is 10.9 Å². The van der Waals surface area contributed by atoms with Crippen molar-refractivity contribution in [1.82, 2.24) is 4.90 Å². The van der Waals surface area contributed by atoms with Crippen molar-refractivity contribution < 1.29 is 9.59 Å². The monoisotopic (exact) mass is 338 g/mol. The predicted octanol–water partition coefficient (Wildman–Crippen LogP) is 3.22. The zero-order valence-corrected chi connectivity index (χ0v) is 14.0. The van der Waals surface area contributed by atoms with Crippen LogP contribution in [-0.2, 0) is 14.5 Å². The molecule has 2 aliphatic heterocycles. The second-order valence-corrected chi connectivity index (χ2v) is 7.39. The minimum Gasteiger partial charge on any atom is -0.324 e. The lowest BCUT2D eigenvalue weighted by atomic mass is 10.0. The molecule has 5 heteroatoms. The average molecular weight is 338 g/mol. The Hall–Kier alpha value is -2.27. The number of benzene rings is 2. The Labute approximate surface area is 145 Å². The van der Waals surface area contributed by atoms with Crippen molar-refractivity contribution in [2.75, 3.05) is 11.1 Å². The first-order chi connectivity index (χ1) is 11.7. The summed E-state index contributed by atoms with van der Waals surface area (Å²) in [6.45, 7) is 0. The van der Waals surface area contributed by atoms with Gasteiger partial charge in [0, 0.05) is 17.9 Å². The highest BCUT2D eigenvalue weighted by Crippen LogP contribution is 2.54. The van der Waals surface area contributed by atoms with E-state index in [0.717, 1.165) is 17.7 Å². The molecule has 0 bridgehead atoms. The number of carbonyl (C=O) groups excluding carboxylic acids is 2. The lowest BCUT2D eigenvalue weighted by molar-refractivity contribution is -0.136. The second-order valence-electron chi connectivity index (χ2n) is 6.10. The van der Waals surface area contributed by atoms with Crippen molar-refractivity contribution in [2.45, 2.75) is 23.8 Å². The van der Waals surface area contributed by atoms with E-state index in [1.165, 1.54) is 0 Å². The number of thioether (sulfide) groups is 1. The predicted molar refractivity (Wildman–Crippen MR) is 95.5 cm³/mol. The van der Waals surface area contributed by atoms with Crippen molar-refractivity contribution in [1.29, 1.82) is 0 Å². The fourth-order valence-electron chi connectivity index (χ4n) is 3.58. The summed E-state index contributed by atoms with van der Waals surface area (Å²) in [5, 5.41) is 2.94. The van der Waals surface area contributed by atoms with E-state index in [9.17, 15) is 9.59 Å². The maximum atomic E-state index is 12.8. The number of anilines is 1. The number of fused-ring (bicyclic) bond motifs is 1. The molecule has 2 fully saturated rings. The number of carbonyl (C=O) groups is 2. The van der Waals surface area contributed by atoms with Crippen LogP contribution in [-0.4, -0.2) is 28.5 Å². The third-order valence-corrected chi connectivity index (χ3v) is 6.29. The quantitative estimate of drug-likeness (QED) is 0.935. The lowest BCUT2D eigenvalue weighted by Crippen LogP contribution is -2.48. The molecule has 2 unspecified atom stereocenters. The van der Waals surface area contributed by atoms with Gasteiger partial charge in [-0.3, -0.25) is 9.59 Å². The first kappa shape index (κ1) is 15.3. The molecule has 2 aliphatic rings. The van der Waals surface area contributed by atoms with Gasteiger partial charge < -0.3 is 10.2 Å². The largest absolute Gasteiger partial charge is 0.324 e. The molecule has 2 heterocycles. The molecule has 2 atom stereocenters. The van der Waals surface area contributed by atoms with Crippen LogP contribution in [0, 0.1) is 0 Å². The van der Waals surface area contributed by atoms with E-state index in [-0.39, 0.29) is 11.8 Å². The minimum absolute atomic E-state index is 0.0667. The smallest absolute Gasteiger partial charge is 0.248 e. The Morgan fingerprint density at radius 1 is 1.08 bits per heavy atom. The Morgan fingerprint density at radius 2 is 1.75 bits per heavy atom. The van der Waals surface area contributed by atoms with Crippen LogP contribution in [0.4, 0.5) is 5.69 Å². The molecule has 0 radical (unpaired) electrons. The standard InChI is InChI=1S/C19H18N2O2S/c22-17-11-12-19(14-7-3-1-4-8-14)21(17)16(13-24-19)18(23)20-15-9-5-2-6-10-15/h1-10,16H,11-13H2,(H,20,23). The zero-order valence-electron chi connectivity index (χ0n) is 13.1. The van der Waals surface area contributed by atoms with Crippen LogP contribution in [0.25, 0.3) is 0 Å². The summed E-state index contributed by atoms with van der Waals surface area (Å²) in [4.78, 5) is 26.7. The van der Waals surface area contributed by atoms with Gasteiger partial charge >= 0.3 is 0 Å². The van der Waals surface area contributed by atoms with Crippen molar-refractivity contribution in [3.8, 4) is 0 Å². The molecule has 2 amide bonds. The lowest BCUT2D eigenvalue weighted by Gasteiger charge is -2.34. The van der Waals surface area contributed by atoms with Gasteiger partial charge in [0.05, 0.1) is 0 Å². The van der Waals surface area contributed by atoms with Gasteiger partial charge in [-0.1, -0.05) is 48.5 Å². The number of nitrogens with zero attached hydrogens (tertiary/aromatic N) is 1. The highest BCUT2D eigenvalue weighted by atomic mass is 32.2. The Bertz CT molecular complexity index is 765. The number of hydrogen-bond donors (Lipinski definition) is 1. The average Bonchev–Trinajstić information content (AvgIpc) is 3.16. The second kappa shape index (κ2) is 5.98. The molecule has 122 valence electrons. The number of rotatable bonds is 3. The van der Waals surface area contributed by atoms with Crippen molar-refractivity contribution >= 4 is 29.3 Å². The molecule has 4 rings (SSSR count). The summed E-state index contributed by atoms with van der Waals surface area (Å²) in [6.07, 6.45) is 1.26. The normalized spacial score (nSPS) is 25.6. The van der Waals surface area contributed by atoms with Crippen molar-refractivity contribution in [3.63, 3.8) is 0 Å². The van der Waals surface area contributed by atoms with Gasteiger partial charge in [0.15, 0.2) is 0 Å². The van der Waals surface area contributed by atoms with Crippen LogP contribution >= 0.6 is 11.8 Å². The number of nitrogens with one attached hydrogen (secondary N) is 1. The minimum atomic E-state index is -0.426. The fourth-order valence-corrected chi connectivity index (χ4v) is 5.23. The SMILES string of the molecule is O=C(Nc1ccccc1)C1CSC2(c3ccccc3)CCC(=O)N12. The van der Waals surface area contributed by atoms with Gasteiger partial charge in [0.25, 0.3) is 0 Å².